The van der Waals surface area contributed by atoms with Crippen LogP contribution >= 0.6 is 0 Å². The Morgan fingerprint density at radius 1 is 0.897 bits per heavy atom. The molecule has 3 unspecified atom stereocenters. The van der Waals surface area contributed by atoms with Gasteiger partial charge in [-0.05, 0) is 129 Å². The van der Waals surface area contributed by atoms with Crippen molar-refractivity contribution in [2.75, 3.05) is 0 Å². The fourth-order valence-corrected chi connectivity index (χ4v) is 9.97. The first-order valence-corrected chi connectivity index (χ1v) is 13.3. The maximum absolute atomic E-state index is 12.8. The van der Waals surface area contributed by atoms with E-state index in [-0.39, 0.29) is 0 Å². The molecule has 5 fully saturated rings. The molecule has 5 aliphatic carbocycles. The Labute approximate surface area is 180 Å². The van der Waals surface area contributed by atoms with Gasteiger partial charge in [0.2, 0.25) is 0 Å². The molecule has 0 bridgehead atoms. The van der Waals surface area contributed by atoms with Crippen LogP contribution in [0, 0.1) is 64.1 Å². The predicted molar refractivity (Wildman–Crippen MR) is 120 cm³/mol. The van der Waals surface area contributed by atoms with E-state index in [0.29, 0.717) is 17.1 Å². The van der Waals surface area contributed by atoms with E-state index in [0.717, 1.165) is 52.8 Å². The molecule has 9 atom stereocenters. The minimum atomic E-state index is 0.292. The van der Waals surface area contributed by atoms with Crippen molar-refractivity contribution >= 4 is 5.78 Å². The highest BCUT2D eigenvalue weighted by atomic mass is 16.1. The first-order valence-electron chi connectivity index (χ1n) is 13.3. The highest BCUT2D eigenvalue weighted by Crippen LogP contribution is 2.70. The zero-order valence-electron chi connectivity index (χ0n) is 19.9. The molecule has 0 radical (unpaired) electrons. The molecule has 0 spiro atoms. The standard InChI is InChI=1S/C28H46O/c1-17(2)20-14-25(19(4)29)27(5)12-10-22-23(26(27)15-20)11-13-28(21-7-8-21)16-18(3)6-9-24(22)28/h17-18,20-26H,6-16H2,1-5H3/t18-,20?,22?,23+,24+,25+,26?,27+,28+/m0/s1. The second-order valence-electron chi connectivity index (χ2n) is 13.2. The second kappa shape index (κ2) is 7.09. The van der Waals surface area contributed by atoms with Crippen molar-refractivity contribution in [3.05, 3.63) is 0 Å². The summed E-state index contributed by atoms with van der Waals surface area (Å²) in [5, 5.41) is 0. The molecular weight excluding hydrogens is 352 g/mol. The lowest BCUT2D eigenvalue weighted by atomic mass is 9.40. The Kier molecular flexibility index (Phi) is 5.03. The highest BCUT2D eigenvalue weighted by Gasteiger charge is 2.62. The predicted octanol–water partition coefficient (Wildman–Crippen LogP) is 7.53. The van der Waals surface area contributed by atoms with Gasteiger partial charge in [0.05, 0.1) is 0 Å². The zero-order chi connectivity index (χ0) is 20.6. The van der Waals surface area contributed by atoms with Crippen LogP contribution < -0.4 is 0 Å². The van der Waals surface area contributed by atoms with Crippen LogP contribution in [-0.2, 0) is 4.79 Å². The fraction of sp³-hybridized carbons (Fsp3) is 0.964. The van der Waals surface area contributed by atoms with Crippen molar-refractivity contribution in [1.82, 2.24) is 0 Å². The summed E-state index contributed by atoms with van der Waals surface area (Å²) in [7, 11) is 0. The van der Waals surface area contributed by atoms with Gasteiger partial charge < -0.3 is 0 Å². The Morgan fingerprint density at radius 2 is 1.59 bits per heavy atom. The van der Waals surface area contributed by atoms with Gasteiger partial charge >= 0.3 is 0 Å². The van der Waals surface area contributed by atoms with Gasteiger partial charge in [0.15, 0.2) is 0 Å². The number of fused-ring (bicyclic) bond motifs is 5. The molecule has 5 saturated carbocycles. The molecule has 0 N–H and O–H groups in total. The Bertz CT molecular complexity index is 647. The molecule has 164 valence electrons. The largest absolute Gasteiger partial charge is 0.300 e. The number of carbonyl (C=O) groups is 1. The van der Waals surface area contributed by atoms with Crippen LogP contribution in [0.25, 0.3) is 0 Å². The number of hydrogen-bond donors (Lipinski definition) is 0. The molecular formula is C28H46O. The van der Waals surface area contributed by atoms with E-state index >= 15 is 0 Å². The van der Waals surface area contributed by atoms with Gasteiger partial charge in [0, 0.05) is 5.92 Å². The first kappa shape index (κ1) is 20.6. The molecule has 5 aliphatic rings. The van der Waals surface area contributed by atoms with E-state index in [9.17, 15) is 4.79 Å². The summed E-state index contributed by atoms with van der Waals surface area (Å²) < 4.78 is 0. The Morgan fingerprint density at radius 3 is 2.24 bits per heavy atom. The van der Waals surface area contributed by atoms with Gasteiger partial charge in [0.25, 0.3) is 0 Å². The minimum absolute atomic E-state index is 0.292. The minimum Gasteiger partial charge on any atom is -0.300 e. The summed E-state index contributed by atoms with van der Waals surface area (Å²) in [6, 6.07) is 0. The van der Waals surface area contributed by atoms with Crippen molar-refractivity contribution in [2.45, 2.75) is 105 Å². The van der Waals surface area contributed by atoms with Crippen LogP contribution in [-0.4, -0.2) is 5.78 Å². The van der Waals surface area contributed by atoms with E-state index in [2.05, 4.69) is 27.7 Å². The average Bonchev–Trinajstić information content (AvgIpc) is 3.51. The SMILES string of the molecule is CC(=O)[C@H]1CC(C(C)C)CC2[C@@H]3CC[C@]4(C5CC5)C[C@@H](C)CC[C@@H]4C3CC[C@@]21C. The maximum Gasteiger partial charge on any atom is 0.133 e. The topological polar surface area (TPSA) is 17.1 Å². The summed E-state index contributed by atoms with van der Waals surface area (Å²) in [4.78, 5) is 12.8. The molecule has 0 amide bonds. The van der Waals surface area contributed by atoms with Crippen molar-refractivity contribution in [2.24, 2.45) is 64.1 Å². The number of hydrogen-bond acceptors (Lipinski definition) is 1. The monoisotopic (exact) mass is 398 g/mol. The zero-order valence-corrected chi connectivity index (χ0v) is 19.9. The fourth-order valence-electron chi connectivity index (χ4n) is 9.97. The first-order chi connectivity index (χ1) is 13.8. The number of Topliss-reactive ketones (excluding diaryl/α,β-unsaturated/α-hetero) is 1. The van der Waals surface area contributed by atoms with Crippen LogP contribution in [0.5, 0.6) is 0 Å². The Hall–Kier alpha value is -0.330. The summed E-state index contributed by atoms with van der Waals surface area (Å²) in [5.74, 6) is 8.08. The van der Waals surface area contributed by atoms with Gasteiger partial charge in [-0.3, -0.25) is 4.79 Å². The number of rotatable bonds is 3. The summed E-state index contributed by atoms with van der Waals surface area (Å²) >= 11 is 0. The quantitative estimate of drug-likeness (QED) is 0.480. The third-order valence-electron chi connectivity index (χ3n) is 11.5. The summed E-state index contributed by atoms with van der Waals surface area (Å²) in [6.45, 7) is 11.8. The van der Waals surface area contributed by atoms with Crippen LogP contribution in [0.2, 0.25) is 0 Å². The van der Waals surface area contributed by atoms with Gasteiger partial charge in [-0.2, -0.15) is 0 Å². The average molecular weight is 399 g/mol. The van der Waals surface area contributed by atoms with Gasteiger partial charge in [-0.25, -0.2) is 0 Å². The van der Waals surface area contributed by atoms with Gasteiger partial charge in [-0.1, -0.05) is 34.1 Å². The molecule has 0 aromatic heterocycles. The molecule has 29 heavy (non-hydrogen) atoms. The lowest BCUT2D eigenvalue weighted by molar-refractivity contribution is -0.162. The molecule has 5 rings (SSSR count). The highest BCUT2D eigenvalue weighted by molar-refractivity contribution is 5.79. The van der Waals surface area contributed by atoms with E-state index < -0.39 is 0 Å². The molecule has 0 aromatic rings. The smallest absolute Gasteiger partial charge is 0.133 e. The van der Waals surface area contributed by atoms with Crippen LogP contribution in [0.1, 0.15) is 105 Å². The molecule has 0 heterocycles. The van der Waals surface area contributed by atoms with E-state index in [1.54, 1.807) is 0 Å². The number of carbonyl (C=O) groups excluding carboxylic acids is 1. The molecule has 0 aliphatic heterocycles. The van der Waals surface area contributed by atoms with Crippen molar-refractivity contribution in [1.29, 1.82) is 0 Å². The molecule has 0 saturated heterocycles. The summed E-state index contributed by atoms with van der Waals surface area (Å²) in [6.07, 6.45) is 16.0. The maximum atomic E-state index is 12.8. The third-order valence-corrected chi connectivity index (χ3v) is 11.5. The van der Waals surface area contributed by atoms with E-state index in [4.69, 9.17) is 0 Å². The second-order valence-corrected chi connectivity index (χ2v) is 13.2. The molecule has 0 aromatic carbocycles. The van der Waals surface area contributed by atoms with Crippen LogP contribution in [0.15, 0.2) is 0 Å². The normalized spacial score (nSPS) is 52.4. The van der Waals surface area contributed by atoms with Crippen molar-refractivity contribution < 1.29 is 4.79 Å². The van der Waals surface area contributed by atoms with Crippen LogP contribution in [0.4, 0.5) is 0 Å². The lowest BCUT2D eigenvalue weighted by Crippen LogP contribution is -2.58. The number of ketones is 1. The van der Waals surface area contributed by atoms with E-state index in [1.165, 1.54) is 70.6 Å². The van der Waals surface area contributed by atoms with Gasteiger partial charge in [0.1, 0.15) is 5.78 Å². The Balaban J connectivity index is 1.47. The lowest BCUT2D eigenvalue weighted by Gasteiger charge is -2.64. The van der Waals surface area contributed by atoms with Gasteiger partial charge in [-0.15, -0.1) is 0 Å². The van der Waals surface area contributed by atoms with E-state index in [1.807, 2.05) is 6.92 Å². The van der Waals surface area contributed by atoms with Crippen molar-refractivity contribution in [3.8, 4) is 0 Å². The molecule has 1 heteroatoms. The van der Waals surface area contributed by atoms with Crippen LogP contribution in [0.3, 0.4) is 0 Å². The summed E-state index contributed by atoms with van der Waals surface area (Å²) in [5.41, 5.74) is 1.01. The third kappa shape index (κ3) is 3.10. The van der Waals surface area contributed by atoms with Crippen molar-refractivity contribution in [3.63, 3.8) is 0 Å². The molecule has 1 nitrogen and oxygen atoms in total.